The summed E-state index contributed by atoms with van der Waals surface area (Å²) in [6.07, 6.45) is 1.47. The number of rotatable bonds is 6. The first-order chi connectivity index (χ1) is 12.2. The molecule has 2 aromatic rings. The summed E-state index contributed by atoms with van der Waals surface area (Å²) in [4.78, 5) is 4.06. The number of nitrogens with one attached hydrogen (secondary N) is 2. The number of ether oxygens (including phenoxy) is 3. The summed E-state index contributed by atoms with van der Waals surface area (Å²) < 4.78 is 45.0. The molecular formula is C15H17F2IN4O4. The molecule has 142 valence electrons. The third-order valence-corrected chi connectivity index (χ3v) is 3.37. The Labute approximate surface area is 164 Å². The van der Waals surface area contributed by atoms with Crippen molar-refractivity contribution in [2.24, 2.45) is 4.99 Å². The molecular weight excluding hydrogens is 465 g/mol. The van der Waals surface area contributed by atoms with Crippen molar-refractivity contribution in [3.05, 3.63) is 35.7 Å². The first kappa shape index (κ1) is 20.0. The highest BCUT2D eigenvalue weighted by molar-refractivity contribution is 14.0. The molecule has 2 N–H and O–H groups in total. The van der Waals surface area contributed by atoms with E-state index >= 15 is 0 Å². The van der Waals surface area contributed by atoms with E-state index in [-0.39, 0.29) is 43.1 Å². The number of hydrogen-bond acceptors (Lipinski definition) is 6. The molecule has 0 saturated carbocycles. The second kappa shape index (κ2) is 9.40. The van der Waals surface area contributed by atoms with Crippen LogP contribution in [0, 0.1) is 0 Å². The van der Waals surface area contributed by atoms with Crippen molar-refractivity contribution >= 4 is 29.9 Å². The molecule has 1 aliphatic heterocycles. The Kier molecular flexibility index (Phi) is 7.24. The summed E-state index contributed by atoms with van der Waals surface area (Å²) in [5.41, 5.74) is 1.18. The SMILES string of the molecule is CN=C(NCc1ccon1)NCc1cc2c(cc1OC(F)F)OCO2.I. The fraction of sp³-hybridized carbons (Fsp3) is 0.333. The van der Waals surface area contributed by atoms with Gasteiger partial charge in [-0.3, -0.25) is 4.99 Å². The van der Waals surface area contributed by atoms with Gasteiger partial charge in [-0.05, 0) is 6.07 Å². The summed E-state index contributed by atoms with van der Waals surface area (Å²) >= 11 is 0. The van der Waals surface area contributed by atoms with Crippen LogP contribution in [0.15, 0.2) is 34.0 Å². The molecule has 0 radical (unpaired) electrons. The maximum atomic E-state index is 12.6. The normalized spacial score (nSPS) is 12.7. The fourth-order valence-corrected chi connectivity index (χ4v) is 2.21. The van der Waals surface area contributed by atoms with Crippen LogP contribution in [0.25, 0.3) is 0 Å². The predicted molar refractivity (Wildman–Crippen MR) is 98.2 cm³/mol. The Balaban J connectivity index is 0.00000243. The smallest absolute Gasteiger partial charge is 0.387 e. The van der Waals surface area contributed by atoms with Gasteiger partial charge in [0.15, 0.2) is 17.5 Å². The summed E-state index contributed by atoms with van der Waals surface area (Å²) in [6.45, 7) is -2.31. The van der Waals surface area contributed by atoms with E-state index in [1.807, 2.05) is 0 Å². The van der Waals surface area contributed by atoms with Gasteiger partial charge in [-0.25, -0.2) is 0 Å². The highest BCUT2D eigenvalue weighted by Gasteiger charge is 2.20. The molecule has 0 unspecified atom stereocenters. The van der Waals surface area contributed by atoms with Crippen molar-refractivity contribution in [3.8, 4) is 17.2 Å². The number of hydrogen-bond donors (Lipinski definition) is 2. The lowest BCUT2D eigenvalue weighted by Gasteiger charge is -2.14. The molecule has 0 saturated heterocycles. The van der Waals surface area contributed by atoms with E-state index < -0.39 is 6.61 Å². The average molecular weight is 482 g/mol. The Bertz CT molecular complexity index is 743. The van der Waals surface area contributed by atoms with E-state index in [0.717, 1.165) is 0 Å². The molecule has 1 aliphatic rings. The Morgan fingerprint density at radius 2 is 2.00 bits per heavy atom. The van der Waals surface area contributed by atoms with E-state index in [1.54, 1.807) is 19.2 Å². The number of guanidine groups is 1. The van der Waals surface area contributed by atoms with Gasteiger partial charge in [0.1, 0.15) is 17.7 Å². The van der Waals surface area contributed by atoms with E-state index in [1.165, 1.54) is 12.3 Å². The van der Waals surface area contributed by atoms with Crippen molar-refractivity contribution in [1.29, 1.82) is 0 Å². The third kappa shape index (κ3) is 5.09. The largest absolute Gasteiger partial charge is 0.454 e. The lowest BCUT2D eigenvalue weighted by Crippen LogP contribution is -2.36. The van der Waals surface area contributed by atoms with E-state index in [0.29, 0.717) is 35.3 Å². The summed E-state index contributed by atoms with van der Waals surface area (Å²) in [6, 6.07) is 4.70. The second-order valence-corrected chi connectivity index (χ2v) is 4.96. The minimum Gasteiger partial charge on any atom is -0.454 e. The van der Waals surface area contributed by atoms with Gasteiger partial charge >= 0.3 is 6.61 Å². The van der Waals surface area contributed by atoms with Crippen LogP contribution >= 0.6 is 24.0 Å². The molecule has 2 heterocycles. The zero-order chi connectivity index (χ0) is 17.6. The number of aliphatic imine (C=N–C) groups is 1. The zero-order valence-electron chi connectivity index (χ0n) is 13.7. The van der Waals surface area contributed by atoms with Crippen LogP contribution in [0.3, 0.4) is 0 Å². The van der Waals surface area contributed by atoms with Gasteiger partial charge in [0.2, 0.25) is 6.79 Å². The Morgan fingerprint density at radius 3 is 2.65 bits per heavy atom. The summed E-state index contributed by atoms with van der Waals surface area (Å²) in [7, 11) is 1.59. The minimum atomic E-state index is -2.94. The molecule has 0 atom stereocenters. The number of nitrogens with zero attached hydrogens (tertiary/aromatic N) is 2. The monoisotopic (exact) mass is 482 g/mol. The van der Waals surface area contributed by atoms with Gasteiger partial charge in [0.25, 0.3) is 0 Å². The maximum Gasteiger partial charge on any atom is 0.387 e. The van der Waals surface area contributed by atoms with Gasteiger partial charge in [-0.1, -0.05) is 5.16 Å². The molecule has 0 bridgehead atoms. The van der Waals surface area contributed by atoms with Crippen molar-refractivity contribution in [1.82, 2.24) is 15.8 Å². The standard InChI is InChI=1S/C15H16F2N4O4.HI/c1-18-15(20-7-10-2-3-24-21-10)19-6-9-4-12-13(23-8-22-12)5-11(9)25-14(16)17;/h2-5,14H,6-8H2,1H3,(H2,18,19,20);1H. The summed E-state index contributed by atoms with van der Waals surface area (Å²) in [5.74, 6) is 1.32. The molecule has 1 aromatic carbocycles. The van der Waals surface area contributed by atoms with Crippen LogP contribution in [0.4, 0.5) is 8.78 Å². The molecule has 0 aliphatic carbocycles. The van der Waals surface area contributed by atoms with Gasteiger partial charge < -0.3 is 29.4 Å². The van der Waals surface area contributed by atoms with Crippen LogP contribution in [-0.2, 0) is 13.1 Å². The van der Waals surface area contributed by atoms with Crippen molar-refractivity contribution in [2.45, 2.75) is 19.7 Å². The molecule has 3 rings (SSSR count). The van der Waals surface area contributed by atoms with Crippen LogP contribution in [0.2, 0.25) is 0 Å². The van der Waals surface area contributed by atoms with Gasteiger partial charge in [0.05, 0.1) is 6.54 Å². The highest BCUT2D eigenvalue weighted by atomic mass is 127. The average Bonchev–Trinajstić information content (AvgIpc) is 3.25. The number of halogens is 3. The van der Waals surface area contributed by atoms with Crippen LogP contribution in [0.5, 0.6) is 17.2 Å². The predicted octanol–water partition coefficient (Wildman–Crippen LogP) is 2.49. The van der Waals surface area contributed by atoms with E-state index in [2.05, 4.69) is 25.5 Å². The minimum absolute atomic E-state index is 0. The fourth-order valence-electron chi connectivity index (χ4n) is 2.21. The summed E-state index contributed by atoms with van der Waals surface area (Å²) in [5, 5.41) is 9.81. The molecule has 0 fully saturated rings. The number of benzene rings is 1. The maximum absolute atomic E-state index is 12.6. The molecule has 0 amide bonds. The first-order valence-electron chi connectivity index (χ1n) is 7.37. The van der Waals surface area contributed by atoms with Crippen LogP contribution in [-0.4, -0.2) is 31.6 Å². The third-order valence-electron chi connectivity index (χ3n) is 3.37. The highest BCUT2D eigenvalue weighted by Crippen LogP contribution is 2.38. The molecule has 26 heavy (non-hydrogen) atoms. The zero-order valence-corrected chi connectivity index (χ0v) is 16.0. The lowest BCUT2D eigenvalue weighted by molar-refractivity contribution is -0.0505. The molecule has 1 aromatic heterocycles. The van der Waals surface area contributed by atoms with Crippen molar-refractivity contribution in [3.63, 3.8) is 0 Å². The topological polar surface area (TPSA) is 90.1 Å². The lowest BCUT2D eigenvalue weighted by atomic mass is 10.1. The van der Waals surface area contributed by atoms with Crippen LogP contribution in [0.1, 0.15) is 11.3 Å². The van der Waals surface area contributed by atoms with Crippen molar-refractivity contribution in [2.75, 3.05) is 13.8 Å². The van der Waals surface area contributed by atoms with Gasteiger partial charge in [0, 0.05) is 31.3 Å². The Hall–Kier alpha value is -2.31. The molecule has 11 heteroatoms. The molecule has 0 spiro atoms. The van der Waals surface area contributed by atoms with E-state index in [9.17, 15) is 8.78 Å². The van der Waals surface area contributed by atoms with Crippen molar-refractivity contribution < 1.29 is 27.5 Å². The van der Waals surface area contributed by atoms with Gasteiger partial charge in [-0.15, -0.1) is 24.0 Å². The Morgan fingerprint density at radius 1 is 1.27 bits per heavy atom. The number of fused-ring (bicyclic) bond motifs is 1. The molecule has 8 nitrogen and oxygen atoms in total. The first-order valence-corrected chi connectivity index (χ1v) is 7.37. The van der Waals surface area contributed by atoms with Crippen LogP contribution < -0.4 is 24.8 Å². The van der Waals surface area contributed by atoms with E-state index in [4.69, 9.17) is 14.0 Å². The number of aromatic nitrogens is 1. The quantitative estimate of drug-likeness (QED) is 0.372. The number of alkyl halides is 2. The second-order valence-electron chi connectivity index (χ2n) is 4.96. The van der Waals surface area contributed by atoms with Gasteiger partial charge in [-0.2, -0.15) is 8.78 Å².